The van der Waals surface area contributed by atoms with E-state index in [1.54, 1.807) is 0 Å². The van der Waals surface area contributed by atoms with Gasteiger partial charge < -0.3 is 19.7 Å². The zero-order chi connectivity index (χ0) is 41.7. The number of nitrogens with zero attached hydrogens (tertiary/aromatic N) is 3. The van der Waals surface area contributed by atoms with Crippen molar-refractivity contribution >= 4 is 11.9 Å². The zero-order valence-electron chi connectivity index (χ0n) is 38.4. The molecular formula is C50H95N3O4. The van der Waals surface area contributed by atoms with Gasteiger partial charge in [0.05, 0.1) is 17.2 Å². The molecule has 57 heavy (non-hydrogen) atoms. The van der Waals surface area contributed by atoms with Crippen LogP contribution >= 0.6 is 0 Å². The molecule has 0 fully saturated rings. The Morgan fingerprint density at radius 2 is 0.754 bits per heavy atom. The molecule has 7 heteroatoms. The molecule has 0 spiro atoms. The molecule has 1 aromatic heterocycles. The minimum atomic E-state index is -0.546. The number of aromatic nitrogens is 2. The predicted molar refractivity (Wildman–Crippen MR) is 243 cm³/mol. The monoisotopic (exact) mass is 802 g/mol. The molecule has 0 saturated carbocycles. The fourth-order valence-electron chi connectivity index (χ4n) is 9.20. The topological polar surface area (TPSA) is 95.7 Å². The molecule has 334 valence electrons. The number of carboxylic acid groups (broad SMARTS) is 2. The van der Waals surface area contributed by atoms with Crippen molar-refractivity contribution < 1.29 is 19.8 Å². The third-order valence-corrected chi connectivity index (χ3v) is 13.2. The molecule has 0 bridgehead atoms. The smallest absolute Gasteiger partial charge is 0.309 e. The van der Waals surface area contributed by atoms with Gasteiger partial charge in [0, 0.05) is 18.9 Å². The maximum Gasteiger partial charge on any atom is 0.309 e. The Bertz CT molecular complexity index is 986. The first-order chi connectivity index (χ1) is 27.8. The first-order valence-electron chi connectivity index (χ1n) is 24.9. The molecule has 0 aliphatic heterocycles. The average molecular weight is 802 g/mol. The van der Waals surface area contributed by atoms with Gasteiger partial charge >= 0.3 is 11.9 Å². The quantitative estimate of drug-likeness (QED) is 0.0638. The van der Waals surface area contributed by atoms with Gasteiger partial charge in [-0.05, 0) is 77.4 Å². The van der Waals surface area contributed by atoms with Crippen LogP contribution in [0.1, 0.15) is 252 Å². The lowest BCUT2D eigenvalue weighted by Crippen LogP contribution is -2.31. The van der Waals surface area contributed by atoms with Crippen LogP contribution in [0.4, 0.5) is 0 Å². The van der Waals surface area contributed by atoms with Gasteiger partial charge in [0.15, 0.2) is 0 Å². The van der Waals surface area contributed by atoms with E-state index >= 15 is 0 Å². The molecule has 7 nitrogen and oxygen atoms in total. The molecule has 2 atom stereocenters. The summed E-state index contributed by atoms with van der Waals surface area (Å²) < 4.78 is 2.17. The summed E-state index contributed by atoms with van der Waals surface area (Å²) in [6.45, 7) is 13.2. The predicted octanol–water partition coefficient (Wildman–Crippen LogP) is 15.1. The van der Waals surface area contributed by atoms with E-state index in [4.69, 9.17) is 0 Å². The van der Waals surface area contributed by atoms with Crippen LogP contribution in [0.15, 0.2) is 18.7 Å². The molecule has 1 heterocycles. The standard InChI is InChI=1S/C50H95N3O4/c1-5-9-13-17-19-27-36-49(47(54)55,34-25-15-11-7-3)38-29-21-23-31-41-52(43-33-44-53-45-40-51-46-53)42-32-24-22-30-39-50(48(56)57,35-26-16-12-8-4)37-28-20-18-14-10-6-2/h40,45-46H,5-39,41-44H2,1-4H3,(H,54,55)(H,56,57). The van der Waals surface area contributed by atoms with E-state index in [-0.39, 0.29) is 0 Å². The first kappa shape index (κ1) is 53.1. The van der Waals surface area contributed by atoms with Crippen molar-refractivity contribution in [2.75, 3.05) is 19.6 Å². The van der Waals surface area contributed by atoms with Crippen LogP contribution in [0.3, 0.4) is 0 Å². The third-order valence-electron chi connectivity index (χ3n) is 13.2. The maximum absolute atomic E-state index is 12.8. The van der Waals surface area contributed by atoms with Crippen molar-refractivity contribution in [3.63, 3.8) is 0 Å². The van der Waals surface area contributed by atoms with Crippen LogP contribution < -0.4 is 0 Å². The van der Waals surface area contributed by atoms with E-state index in [9.17, 15) is 19.8 Å². The number of hydrogen-bond acceptors (Lipinski definition) is 4. The highest BCUT2D eigenvalue weighted by atomic mass is 16.4. The molecule has 0 radical (unpaired) electrons. The van der Waals surface area contributed by atoms with E-state index in [0.717, 1.165) is 161 Å². The van der Waals surface area contributed by atoms with E-state index < -0.39 is 22.8 Å². The second-order valence-electron chi connectivity index (χ2n) is 18.2. The fraction of sp³-hybridized carbons (Fsp3) is 0.900. The second kappa shape index (κ2) is 36.0. The van der Waals surface area contributed by atoms with Gasteiger partial charge in [0.2, 0.25) is 0 Å². The van der Waals surface area contributed by atoms with Gasteiger partial charge in [0.25, 0.3) is 0 Å². The van der Waals surface area contributed by atoms with Crippen LogP contribution in [0.5, 0.6) is 0 Å². The molecular weight excluding hydrogens is 707 g/mol. The molecule has 2 N–H and O–H groups in total. The van der Waals surface area contributed by atoms with Crippen LogP contribution in [-0.2, 0) is 16.1 Å². The number of carboxylic acids is 2. The van der Waals surface area contributed by atoms with Gasteiger partial charge in [-0.1, -0.05) is 195 Å². The Morgan fingerprint density at radius 1 is 0.456 bits per heavy atom. The number of hydrogen-bond donors (Lipinski definition) is 2. The van der Waals surface area contributed by atoms with Crippen LogP contribution in [-0.4, -0.2) is 56.2 Å². The SMILES string of the molecule is CCCCCCCCC(CCCCCC)(CCCCCCN(CCCCCCC(CCCCCC)(CCCCCCCC)C(=O)O)CCCn1ccnc1)C(=O)O. The summed E-state index contributed by atoms with van der Waals surface area (Å²) in [5.41, 5.74) is -1.07. The molecule has 1 aromatic rings. The summed E-state index contributed by atoms with van der Waals surface area (Å²) in [5.74, 6) is -1.09. The van der Waals surface area contributed by atoms with Crippen molar-refractivity contribution in [2.45, 2.75) is 259 Å². The molecule has 0 aliphatic rings. The zero-order valence-corrected chi connectivity index (χ0v) is 38.4. The van der Waals surface area contributed by atoms with Crippen molar-refractivity contribution in [3.8, 4) is 0 Å². The normalized spacial score (nSPS) is 13.9. The highest BCUT2D eigenvalue weighted by Gasteiger charge is 2.37. The summed E-state index contributed by atoms with van der Waals surface area (Å²) in [7, 11) is 0. The second-order valence-corrected chi connectivity index (χ2v) is 18.2. The Balaban J connectivity index is 2.66. The molecule has 0 aromatic carbocycles. The summed E-state index contributed by atoms with van der Waals surface area (Å²) in [4.78, 5) is 32.5. The van der Waals surface area contributed by atoms with E-state index in [1.165, 1.54) is 89.9 Å². The number of aliphatic carboxylic acids is 2. The largest absolute Gasteiger partial charge is 0.481 e. The van der Waals surface area contributed by atoms with Crippen molar-refractivity contribution in [1.29, 1.82) is 0 Å². The van der Waals surface area contributed by atoms with E-state index in [2.05, 4.69) is 42.1 Å². The van der Waals surface area contributed by atoms with Gasteiger partial charge in [0.1, 0.15) is 0 Å². The summed E-state index contributed by atoms with van der Waals surface area (Å²) >= 11 is 0. The van der Waals surface area contributed by atoms with Gasteiger partial charge in [-0.3, -0.25) is 9.59 Å². The lowest BCUT2D eigenvalue weighted by Gasteiger charge is -2.30. The van der Waals surface area contributed by atoms with Crippen LogP contribution in [0.25, 0.3) is 0 Å². The number of imidazole rings is 1. The maximum atomic E-state index is 12.8. The number of unbranched alkanes of at least 4 members (excludes halogenated alkanes) is 22. The summed E-state index contributed by atoms with van der Waals surface area (Å²) in [6, 6.07) is 0. The molecule has 0 aliphatic carbocycles. The van der Waals surface area contributed by atoms with Crippen molar-refractivity contribution in [1.82, 2.24) is 14.5 Å². The third kappa shape index (κ3) is 26.0. The van der Waals surface area contributed by atoms with Gasteiger partial charge in [-0.2, -0.15) is 0 Å². The Hall–Kier alpha value is -1.89. The van der Waals surface area contributed by atoms with Gasteiger partial charge in [-0.15, -0.1) is 0 Å². The number of aryl methyl sites for hydroxylation is 1. The highest BCUT2D eigenvalue weighted by Crippen LogP contribution is 2.39. The minimum Gasteiger partial charge on any atom is -0.481 e. The lowest BCUT2D eigenvalue weighted by atomic mass is 9.74. The minimum absolute atomic E-state index is 0.536. The van der Waals surface area contributed by atoms with E-state index in [0.29, 0.717) is 0 Å². The fourth-order valence-corrected chi connectivity index (χ4v) is 9.20. The number of carbonyl (C=O) groups is 2. The first-order valence-corrected chi connectivity index (χ1v) is 24.9. The molecule has 0 saturated heterocycles. The lowest BCUT2D eigenvalue weighted by molar-refractivity contribution is -0.151. The Labute approximate surface area is 353 Å². The Kier molecular flexibility index (Phi) is 33.6. The van der Waals surface area contributed by atoms with E-state index in [1.807, 2.05) is 18.7 Å². The van der Waals surface area contributed by atoms with Crippen LogP contribution in [0, 0.1) is 10.8 Å². The van der Waals surface area contributed by atoms with Crippen molar-refractivity contribution in [2.24, 2.45) is 10.8 Å². The Morgan fingerprint density at radius 3 is 1.07 bits per heavy atom. The average Bonchev–Trinajstić information content (AvgIpc) is 3.73. The molecule has 0 amide bonds. The van der Waals surface area contributed by atoms with Crippen molar-refractivity contribution in [3.05, 3.63) is 18.7 Å². The van der Waals surface area contributed by atoms with Gasteiger partial charge in [-0.25, -0.2) is 4.98 Å². The molecule has 2 unspecified atom stereocenters. The summed E-state index contributed by atoms with van der Waals surface area (Å²) in [6.07, 6.45) is 44.6. The summed E-state index contributed by atoms with van der Waals surface area (Å²) in [5, 5.41) is 21.1. The number of rotatable bonds is 44. The highest BCUT2D eigenvalue weighted by molar-refractivity contribution is 5.75. The van der Waals surface area contributed by atoms with Crippen LogP contribution in [0.2, 0.25) is 0 Å². The molecule has 1 rings (SSSR count).